The van der Waals surface area contributed by atoms with E-state index in [4.69, 9.17) is 0 Å². The summed E-state index contributed by atoms with van der Waals surface area (Å²) in [6.07, 6.45) is 10.8. The zero-order valence-corrected chi connectivity index (χ0v) is 12.0. The van der Waals surface area contributed by atoms with Crippen LogP contribution in [0, 0.1) is 11.8 Å². The fourth-order valence-corrected chi connectivity index (χ4v) is 3.37. The van der Waals surface area contributed by atoms with Crippen molar-refractivity contribution in [2.24, 2.45) is 18.9 Å². The number of aryl methyl sites for hydroxylation is 1. The van der Waals surface area contributed by atoms with Crippen LogP contribution in [-0.2, 0) is 7.05 Å². The van der Waals surface area contributed by atoms with Crippen LogP contribution in [0.4, 0.5) is 0 Å². The molecule has 1 aliphatic carbocycles. The molecule has 1 heterocycles. The van der Waals surface area contributed by atoms with E-state index in [2.05, 4.69) is 42.0 Å². The number of aromatic nitrogens is 2. The number of nitrogens with one attached hydrogen (secondary N) is 1. The molecule has 1 N–H and O–H groups in total. The summed E-state index contributed by atoms with van der Waals surface area (Å²) in [4.78, 5) is 4.56. The minimum Gasteiger partial charge on any atom is -0.337 e. The fraction of sp³-hybridized carbons (Fsp3) is 0.800. The van der Waals surface area contributed by atoms with E-state index in [-0.39, 0.29) is 0 Å². The highest BCUT2D eigenvalue weighted by molar-refractivity contribution is 5.02. The molecule has 18 heavy (non-hydrogen) atoms. The Morgan fingerprint density at radius 3 is 2.89 bits per heavy atom. The second kappa shape index (κ2) is 6.37. The lowest BCUT2D eigenvalue weighted by Crippen LogP contribution is -2.33. The molecule has 3 atom stereocenters. The highest BCUT2D eigenvalue weighted by Crippen LogP contribution is 2.37. The first-order valence-corrected chi connectivity index (χ1v) is 7.46. The van der Waals surface area contributed by atoms with Gasteiger partial charge in [0.15, 0.2) is 0 Å². The first-order chi connectivity index (χ1) is 8.76. The van der Waals surface area contributed by atoms with Gasteiger partial charge in [0, 0.05) is 19.4 Å². The van der Waals surface area contributed by atoms with Gasteiger partial charge in [0.25, 0.3) is 0 Å². The Hall–Kier alpha value is -0.830. The summed E-state index contributed by atoms with van der Waals surface area (Å²) in [6.45, 7) is 5.54. The molecule has 3 unspecified atom stereocenters. The smallest absolute Gasteiger partial charge is 0.125 e. The molecule has 1 aromatic heterocycles. The molecule has 0 saturated heterocycles. The maximum Gasteiger partial charge on any atom is 0.125 e. The van der Waals surface area contributed by atoms with Crippen LogP contribution in [0.1, 0.15) is 57.8 Å². The highest BCUT2D eigenvalue weighted by atomic mass is 15.1. The van der Waals surface area contributed by atoms with E-state index in [9.17, 15) is 0 Å². The predicted octanol–water partition coefficient (Wildman–Crippen LogP) is 3.29. The Kier molecular flexibility index (Phi) is 4.81. The van der Waals surface area contributed by atoms with Crippen LogP contribution in [0.25, 0.3) is 0 Å². The van der Waals surface area contributed by atoms with Gasteiger partial charge < -0.3 is 9.88 Å². The lowest BCUT2D eigenvalue weighted by Gasteiger charge is -2.34. The lowest BCUT2D eigenvalue weighted by atomic mass is 9.76. The van der Waals surface area contributed by atoms with E-state index in [0.29, 0.717) is 6.04 Å². The van der Waals surface area contributed by atoms with Gasteiger partial charge in [-0.3, -0.25) is 0 Å². The maximum atomic E-state index is 4.56. The van der Waals surface area contributed by atoms with Crippen LogP contribution >= 0.6 is 0 Å². The molecule has 1 aliphatic rings. The van der Waals surface area contributed by atoms with Crippen LogP contribution < -0.4 is 5.32 Å². The van der Waals surface area contributed by atoms with Crippen LogP contribution in [0.2, 0.25) is 0 Å². The summed E-state index contributed by atoms with van der Waals surface area (Å²) in [5, 5.41) is 3.66. The van der Waals surface area contributed by atoms with Gasteiger partial charge in [0.2, 0.25) is 0 Å². The Balaban J connectivity index is 2.12. The molecule has 1 saturated carbocycles. The number of hydrogen-bond acceptors (Lipinski definition) is 2. The van der Waals surface area contributed by atoms with Crippen molar-refractivity contribution in [1.82, 2.24) is 14.9 Å². The zero-order chi connectivity index (χ0) is 13.0. The number of nitrogens with zero attached hydrogens (tertiary/aromatic N) is 2. The molecule has 102 valence electrons. The van der Waals surface area contributed by atoms with E-state index >= 15 is 0 Å². The summed E-state index contributed by atoms with van der Waals surface area (Å²) in [5.41, 5.74) is 0. The second-order valence-corrected chi connectivity index (χ2v) is 5.63. The number of imidazole rings is 1. The van der Waals surface area contributed by atoms with Crippen molar-refractivity contribution in [3.05, 3.63) is 18.2 Å². The minimum absolute atomic E-state index is 0.435. The van der Waals surface area contributed by atoms with Crippen molar-refractivity contribution in [1.29, 1.82) is 0 Å². The van der Waals surface area contributed by atoms with E-state index < -0.39 is 0 Å². The van der Waals surface area contributed by atoms with Crippen LogP contribution in [0.15, 0.2) is 12.4 Å². The third kappa shape index (κ3) is 2.94. The van der Waals surface area contributed by atoms with Gasteiger partial charge in [0.1, 0.15) is 5.82 Å². The van der Waals surface area contributed by atoms with Crippen LogP contribution in [0.3, 0.4) is 0 Å². The summed E-state index contributed by atoms with van der Waals surface area (Å²) in [6, 6.07) is 0.435. The lowest BCUT2D eigenvalue weighted by molar-refractivity contribution is 0.204. The van der Waals surface area contributed by atoms with Gasteiger partial charge in [-0.1, -0.05) is 33.1 Å². The van der Waals surface area contributed by atoms with Gasteiger partial charge in [-0.25, -0.2) is 4.98 Å². The third-order valence-corrected chi connectivity index (χ3v) is 4.43. The van der Waals surface area contributed by atoms with E-state index in [0.717, 1.165) is 18.4 Å². The summed E-state index contributed by atoms with van der Waals surface area (Å²) >= 11 is 0. The molecule has 0 radical (unpaired) electrons. The molecule has 0 aliphatic heterocycles. The van der Waals surface area contributed by atoms with Crippen molar-refractivity contribution in [2.45, 2.75) is 52.0 Å². The third-order valence-electron chi connectivity index (χ3n) is 4.43. The van der Waals surface area contributed by atoms with E-state index in [1.807, 2.05) is 6.20 Å². The highest BCUT2D eigenvalue weighted by Gasteiger charge is 2.30. The molecule has 1 aromatic rings. The topological polar surface area (TPSA) is 29.9 Å². The molecular weight excluding hydrogens is 222 g/mol. The molecule has 3 nitrogen and oxygen atoms in total. The van der Waals surface area contributed by atoms with E-state index in [1.54, 1.807) is 0 Å². The molecule has 1 fully saturated rings. The van der Waals surface area contributed by atoms with Gasteiger partial charge >= 0.3 is 0 Å². The van der Waals surface area contributed by atoms with Crippen molar-refractivity contribution < 1.29 is 0 Å². The van der Waals surface area contributed by atoms with Gasteiger partial charge in [-0.2, -0.15) is 0 Å². The molecule has 0 aromatic carbocycles. The normalized spacial score (nSPS) is 26.2. The molecule has 0 bridgehead atoms. The largest absolute Gasteiger partial charge is 0.337 e. The Labute approximate surface area is 111 Å². The standard InChI is InChI=1S/C15H27N3/c1-4-12-7-6-8-13(11-12)14(16-5-2)15-17-9-10-18(15)3/h9-10,12-14,16H,4-8,11H2,1-3H3. The van der Waals surface area contributed by atoms with Crippen LogP contribution in [-0.4, -0.2) is 16.1 Å². The predicted molar refractivity (Wildman–Crippen MR) is 75.4 cm³/mol. The first-order valence-electron chi connectivity index (χ1n) is 7.46. The van der Waals surface area contributed by atoms with Crippen LogP contribution in [0.5, 0.6) is 0 Å². The average Bonchev–Trinajstić information content (AvgIpc) is 2.82. The van der Waals surface area contributed by atoms with Crippen molar-refractivity contribution in [3.8, 4) is 0 Å². The number of hydrogen-bond donors (Lipinski definition) is 1. The average molecular weight is 249 g/mol. The second-order valence-electron chi connectivity index (χ2n) is 5.63. The Morgan fingerprint density at radius 1 is 1.44 bits per heavy atom. The van der Waals surface area contributed by atoms with E-state index in [1.165, 1.54) is 37.9 Å². The molecule has 0 amide bonds. The van der Waals surface area contributed by atoms with Crippen molar-refractivity contribution in [2.75, 3.05) is 6.54 Å². The van der Waals surface area contributed by atoms with Gasteiger partial charge in [0.05, 0.1) is 6.04 Å². The quantitative estimate of drug-likeness (QED) is 0.868. The number of rotatable bonds is 5. The Bertz CT molecular complexity index is 358. The van der Waals surface area contributed by atoms with Crippen molar-refractivity contribution >= 4 is 0 Å². The molecule has 0 spiro atoms. The first kappa shape index (κ1) is 13.6. The van der Waals surface area contributed by atoms with Gasteiger partial charge in [-0.05, 0) is 31.2 Å². The summed E-state index contributed by atoms with van der Waals surface area (Å²) < 4.78 is 2.17. The van der Waals surface area contributed by atoms with Crippen molar-refractivity contribution in [3.63, 3.8) is 0 Å². The summed E-state index contributed by atoms with van der Waals surface area (Å²) in [5.74, 6) is 2.88. The zero-order valence-electron chi connectivity index (χ0n) is 12.0. The SMILES string of the molecule is CCNC(c1nccn1C)C1CCCC(CC)C1. The fourth-order valence-electron chi connectivity index (χ4n) is 3.37. The summed E-state index contributed by atoms with van der Waals surface area (Å²) in [7, 11) is 2.10. The Morgan fingerprint density at radius 2 is 2.28 bits per heavy atom. The molecular formula is C15H27N3. The minimum atomic E-state index is 0.435. The maximum absolute atomic E-state index is 4.56. The monoisotopic (exact) mass is 249 g/mol. The molecule has 3 heteroatoms. The van der Waals surface area contributed by atoms with Gasteiger partial charge in [-0.15, -0.1) is 0 Å². The molecule has 2 rings (SSSR count).